The first-order valence-electron chi connectivity index (χ1n) is 6.72. The third-order valence-electron chi connectivity index (χ3n) is 3.19. The normalized spacial score (nSPS) is 11.2. The Bertz CT molecular complexity index is 703. The molecule has 0 amide bonds. The standard InChI is InChI=1S/C15H17N5/c1-11(2)15-14-13(9-16-10-17-14)19-20(15)18-8-12-6-4-3-5-7-12/h3-7,9-11,18H,8H2,1-2H3. The van der Waals surface area contributed by atoms with Gasteiger partial charge in [-0.05, 0) is 11.5 Å². The Morgan fingerprint density at radius 2 is 2.00 bits per heavy atom. The number of benzene rings is 1. The zero-order chi connectivity index (χ0) is 13.9. The van der Waals surface area contributed by atoms with Gasteiger partial charge in [0, 0.05) is 0 Å². The second-order valence-corrected chi connectivity index (χ2v) is 5.03. The van der Waals surface area contributed by atoms with Crippen LogP contribution in [0.25, 0.3) is 11.0 Å². The molecule has 0 aliphatic rings. The summed E-state index contributed by atoms with van der Waals surface area (Å²) in [5.74, 6) is 0.332. The van der Waals surface area contributed by atoms with Gasteiger partial charge in [-0.2, -0.15) is 4.79 Å². The van der Waals surface area contributed by atoms with Gasteiger partial charge >= 0.3 is 0 Å². The van der Waals surface area contributed by atoms with Crippen LogP contribution in [-0.4, -0.2) is 19.9 Å². The van der Waals surface area contributed by atoms with Gasteiger partial charge in [0.2, 0.25) is 0 Å². The van der Waals surface area contributed by atoms with Crippen molar-refractivity contribution in [3.05, 3.63) is 54.1 Å². The number of hydrogen-bond acceptors (Lipinski definition) is 4. The maximum atomic E-state index is 4.53. The molecule has 3 rings (SSSR count). The van der Waals surface area contributed by atoms with Gasteiger partial charge in [0.05, 0.1) is 18.4 Å². The average molecular weight is 267 g/mol. The van der Waals surface area contributed by atoms with Crippen LogP contribution in [0.5, 0.6) is 0 Å². The van der Waals surface area contributed by atoms with Crippen LogP contribution in [0.4, 0.5) is 0 Å². The molecule has 0 radical (unpaired) electrons. The van der Waals surface area contributed by atoms with Crippen molar-refractivity contribution in [3.63, 3.8) is 0 Å². The Hall–Kier alpha value is -2.43. The van der Waals surface area contributed by atoms with Crippen LogP contribution in [0, 0.1) is 0 Å². The third-order valence-corrected chi connectivity index (χ3v) is 3.19. The lowest BCUT2D eigenvalue weighted by molar-refractivity contribution is 0.660. The fraction of sp³-hybridized carbons (Fsp3) is 0.267. The van der Waals surface area contributed by atoms with E-state index < -0.39 is 0 Å². The number of aromatic nitrogens is 4. The largest absolute Gasteiger partial charge is 0.305 e. The van der Waals surface area contributed by atoms with E-state index in [-0.39, 0.29) is 0 Å². The topological polar surface area (TPSA) is 55.6 Å². The fourth-order valence-electron chi connectivity index (χ4n) is 2.26. The maximum absolute atomic E-state index is 4.53. The van der Waals surface area contributed by atoms with Gasteiger partial charge in [0.15, 0.2) is 0 Å². The molecule has 2 heterocycles. The minimum absolute atomic E-state index is 0.332. The first kappa shape index (κ1) is 12.6. The van der Waals surface area contributed by atoms with Crippen LogP contribution in [0.1, 0.15) is 31.0 Å². The summed E-state index contributed by atoms with van der Waals surface area (Å²) in [7, 11) is 0. The third kappa shape index (κ3) is 2.34. The summed E-state index contributed by atoms with van der Waals surface area (Å²) in [5, 5.41) is 4.53. The summed E-state index contributed by atoms with van der Waals surface area (Å²) in [6, 6.07) is 10.3. The molecule has 0 aliphatic heterocycles. The van der Waals surface area contributed by atoms with Crippen LogP contribution >= 0.6 is 0 Å². The Morgan fingerprint density at radius 3 is 2.75 bits per heavy atom. The molecule has 0 bridgehead atoms. The van der Waals surface area contributed by atoms with Crippen LogP contribution in [0.3, 0.4) is 0 Å². The van der Waals surface area contributed by atoms with Crippen LogP contribution in [0.15, 0.2) is 42.9 Å². The van der Waals surface area contributed by atoms with Gasteiger partial charge < -0.3 is 5.43 Å². The number of nitrogens with one attached hydrogen (secondary N) is 1. The van der Waals surface area contributed by atoms with E-state index in [9.17, 15) is 0 Å². The Balaban J connectivity index is 1.93. The highest BCUT2D eigenvalue weighted by molar-refractivity contribution is 5.76. The molecule has 3 aromatic rings. The molecule has 5 nitrogen and oxygen atoms in total. The van der Waals surface area contributed by atoms with E-state index in [2.05, 4.69) is 46.5 Å². The van der Waals surface area contributed by atoms with E-state index in [0.717, 1.165) is 23.3 Å². The zero-order valence-electron chi connectivity index (χ0n) is 11.6. The molecule has 0 saturated carbocycles. The van der Waals surface area contributed by atoms with E-state index in [4.69, 9.17) is 0 Å². The van der Waals surface area contributed by atoms with E-state index in [1.807, 2.05) is 23.0 Å². The van der Waals surface area contributed by atoms with Gasteiger partial charge in [0.25, 0.3) is 0 Å². The zero-order valence-corrected chi connectivity index (χ0v) is 11.6. The van der Waals surface area contributed by atoms with Gasteiger partial charge in [-0.1, -0.05) is 44.2 Å². The second-order valence-electron chi connectivity index (χ2n) is 5.03. The van der Waals surface area contributed by atoms with E-state index >= 15 is 0 Å². The summed E-state index contributed by atoms with van der Waals surface area (Å²) in [6.45, 7) is 5.00. The number of hydrogen-bond donors (Lipinski definition) is 1. The summed E-state index contributed by atoms with van der Waals surface area (Å²) < 4.78 is 0. The minimum Gasteiger partial charge on any atom is -0.305 e. The molecular weight excluding hydrogens is 250 g/mol. The van der Waals surface area contributed by atoms with Crippen molar-refractivity contribution in [1.29, 1.82) is 0 Å². The predicted octanol–water partition coefficient (Wildman–Crippen LogP) is 2.69. The van der Waals surface area contributed by atoms with Crippen molar-refractivity contribution in [2.45, 2.75) is 26.3 Å². The smallest absolute Gasteiger partial charge is 0.131 e. The van der Waals surface area contributed by atoms with Crippen molar-refractivity contribution < 1.29 is 0 Å². The minimum atomic E-state index is 0.332. The van der Waals surface area contributed by atoms with E-state index in [1.165, 1.54) is 5.56 Å². The van der Waals surface area contributed by atoms with Gasteiger partial charge in [-0.15, -0.1) is 5.10 Å². The highest BCUT2D eigenvalue weighted by Crippen LogP contribution is 2.22. The Kier molecular flexibility index (Phi) is 3.33. The molecule has 0 atom stereocenters. The van der Waals surface area contributed by atoms with E-state index in [1.54, 1.807) is 12.5 Å². The van der Waals surface area contributed by atoms with Crippen LogP contribution < -0.4 is 5.43 Å². The van der Waals surface area contributed by atoms with Crippen molar-refractivity contribution in [2.75, 3.05) is 5.43 Å². The first-order chi connectivity index (χ1) is 9.75. The first-order valence-corrected chi connectivity index (χ1v) is 6.72. The predicted molar refractivity (Wildman–Crippen MR) is 78.9 cm³/mol. The number of nitrogens with zero attached hydrogens (tertiary/aromatic N) is 4. The van der Waals surface area contributed by atoms with Gasteiger partial charge in [-0.25, -0.2) is 9.97 Å². The molecule has 102 valence electrons. The summed E-state index contributed by atoms with van der Waals surface area (Å²) in [4.78, 5) is 10.2. The lowest BCUT2D eigenvalue weighted by atomic mass is 10.1. The lowest BCUT2D eigenvalue weighted by Crippen LogP contribution is -2.19. The monoisotopic (exact) mass is 267 g/mol. The molecule has 5 heteroatoms. The molecule has 1 N–H and O–H groups in total. The highest BCUT2D eigenvalue weighted by Gasteiger charge is 2.15. The SMILES string of the molecule is CC(C)c1c2ncncc2nn1NCc1ccccc1. The summed E-state index contributed by atoms with van der Waals surface area (Å²) >= 11 is 0. The molecule has 0 saturated heterocycles. The quantitative estimate of drug-likeness (QED) is 0.789. The molecule has 1 aromatic carbocycles. The lowest BCUT2D eigenvalue weighted by Gasteiger charge is -2.12. The van der Waals surface area contributed by atoms with Crippen molar-refractivity contribution >= 4 is 11.0 Å². The van der Waals surface area contributed by atoms with Crippen molar-refractivity contribution in [3.8, 4) is 0 Å². The van der Waals surface area contributed by atoms with Crippen molar-refractivity contribution in [1.82, 2.24) is 19.9 Å². The molecule has 0 fully saturated rings. The molecule has 20 heavy (non-hydrogen) atoms. The molecule has 0 spiro atoms. The molecule has 2 aromatic heterocycles. The maximum Gasteiger partial charge on any atom is 0.131 e. The van der Waals surface area contributed by atoms with Crippen LogP contribution in [-0.2, 0) is 6.54 Å². The van der Waals surface area contributed by atoms with Crippen LogP contribution in [0.2, 0.25) is 0 Å². The molecule has 0 aliphatic carbocycles. The Morgan fingerprint density at radius 1 is 1.20 bits per heavy atom. The highest BCUT2D eigenvalue weighted by atomic mass is 15.6. The Labute approximate surface area is 117 Å². The average Bonchev–Trinajstić information content (AvgIpc) is 2.84. The van der Waals surface area contributed by atoms with Gasteiger partial charge in [-0.3, -0.25) is 0 Å². The summed E-state index contributed by atoms with van der Waals surface area (Å²) in [6.07, 6.45) is 3.31. The molecule has 0 unspecified atom stereocenters. The second kappa shape index (κ2) is 5.28. The van der Waals surface area contributed by atoms with Gasteiger partial charge in [0.1, 0.15) is 17.4 Å². The van der Waals surface area contributed by atoms with Crippen molar-refractivity contribution in [2.24, 2.45) is 0 Å². The van der Waals surface area contributed by atoms with E-state index in [0.29, 0.717) is 5.92 Å². The fourth-order valence-corrected chi connectivity index (χ4v) is 2.26. The molecular formula is C15H17N5. The number of fused-ring (bicyclic) bond motifs is 1. The number of rotatable bonds is 4. The summed E-state index contributed by atoms with van der Waals surface area (Å²) in [5.41, 5.74) is 7.36.